The minimum atomic E-state index is -3.79. The van der Waals surface area contributed by atoms with Crippen molar-refractivity contribution < 1.29 is 17.9 Å². The monoisotopic (exact) mass is 442 g/mol. The van der Waals surface area contributed by atoms with Gasteiger partial charge in [-0.05, 0) is 47.0 Å². The normalized spacial score (nSPS) is 16.7. The summed E-state index contributed by atoms with van der Waals surface area (Å²) in [6.45, 7) is 0.393. The molecule has 0 radical (unpaired) electrons. The predicted molar refractivity (Wildman–Crippen MR) is 114 cm³/mol. The van der Waals surface area contributed by atoms with Gasteiger partial charge < -0.3 is 4.74 Å². The number of hydrogen-bond acceptors (Lipinski definition) is 6. The van der Waals surface area contributed by atoms with Crippen molar-refractivity contribution in [3.63, 3.8) is 0 Å². The number of benzene rings is 1. The Labute approximate surface area is 180 Å². The van der Waals surface area contributed by atoms with E-state index in [1.807, 2.05) is 36.4 Å². The van der Waals surface area contributed by atoms with Gasteiger partial charge >= 0.3 is 5.97 Å². The number of ether oxygens (including phenoxy) is 1. The molecule has 0 aliphatic carbocycles. The standard InChI is InChI=1S/C22H22N2O4S2/c25-22(28-12-4-7-17-6-3-11-23-15-17)20-14-18-8-1-2-9-19(18)16-24(20)30(26,27)21-10-5-13-29-21/h1-3,5-6,8-11,13,15,20H,4,7,12,14,16H2/t20-/m0/s1. The van der Waals surface area contributed by atoms with Gasteiger partial charge in [0.2, 0.25) is 0 Å². The van der Waals surface area contributed by atoms with E-state index in [1.165, 1.54) is 4.31 Å². The van der Waals surface area contributed by atoms with Crippen LogP contribution in [-0.2, 0) is 38.9 Å². The van der Waals surface area contributed by atoms with E-state index >= 15 is 0 Å². The Balaban J connectivity index is 1.49. The number of esters is 1. The molecule has 0 bridgehead atoms. The van der Waals surface area contributed by atoms with Crippen LogP contribution in [0, 0.1) is 0 Å². The Morgan fingerprint density at radius 1 is 1.13 bits per heavy atom. The van der Waals surface area contributed by atoms with Gasteiger partial charge in [-0.25, -0.2) is 8.42 Å². The van der Waals surface area contributed by atoms with Crippen LogP contribution in [0.1, 0.15) is 23.1 Å². The third-order valence-electron chi connectivity index (χ3n) is 5.11. The molecule has 0 N–H and O–H groups in total. The molecular weight excluding hydrogens is 420 g/mol. The zero-order valence-corrected chi connectivity index (χ0v) is 17.9. The lowest BCUT2D eigenvalue weighted by atomic mass is 9.96. The predicted octanol–water partition coefficient (Wildman–Crippen LogP) is 3.43. The number of aromatic nitrogens is 1. The summed E-state index contributed by atoms with van der Waals surface area (Å²) in [4.78, 5) is 17.0. The van der Waals surface area contributed by atoms with E-state index in [-0.39, 0.29) is 17.4 Å². The molecule has 30 heavy (non-hydrogen) atoms. The first kappa shape index (κ1) is 20.7. The average molecular weight is 443 g/mol. The van der Waals surface area contributed by atoms with E-state index < -0.39 is 22.0 Å². The zero-order valence-electron chi connectivity index (χ0n) is 16.3. The molecule has 2 aromatic heterocycles. The number of carbonyl (C=O) groups excluding carboxylic acids is 1. The lowest BCUT2D eigenvalue weighted by Crippen LogP contribution is -2.49. The highest BCUT2D eigenvalue weighted by Crippen LogP contribution is 2.31. The second-order valence-corrected chi connectivity index (χ2v) is 10.2. The van der Waals surface area contributed by atoms with Crippen molar-refractivity contribution in [2.45, 2.75) is 36.1 Å². The summed E-state index contributed by atoms with van der Waals surface area (Å²) in [5.41, 5.74) is 2.97. The Morgan fingerprint density at radius 3 is 2.70 bits per heavy atom. The van der Waals surface area contributed by atoms with Gasteiger partial charge in [0.15, 0.2) is 0 Å². The average Bonchev–Trinajstić information content (AvgIpc) is 3.32. The maximum Gasteiger partial charge on any atom is 0.324 e. The molecule has 0 saturated carbocycles. The van der Waals surface area contributed by atoms with Crippen molar-refractivity contribution in [1.82, 2.24) is 9.29 Å². The summed E-state index contributed by atoms with van der Waals surface area (Å²) >= 11 is 1.15. The van der Waals surface area contributed by atoms with Gasteiger partial charge in [0.1, 0.15) is 10.3 Å². The minimum Gasteiger partial charge on any atom is -0.464 e. The first-order valence-electron chi connectivity index (χ1n) is 9.73. The maximum absolute atomic E-state index is 13.2. The molecule has 1 aliphatic heterocycles. The molecule has 4 rings (SSSR count). The Kier molecular flexibility index (Phi) is 6.26. The fraction of sp³-hybridized carbons (Fsp3) is 0.273. The summed E-state index contributed by atoms with van der Waals surface area (Å²) < 4.78 is 33.4. The van der Waals surface area contributed by atoms with Gasteiger partial charge in [0.05, 0.1) is 6.61 Å². The molecule has 0 saturated heterocycles. The SMILES string of the molecule is O=C(OCCCc1cccnc1)[C@@H]1Cc2ccccc2CN1S(=O)(=O)c1cccs1. The lowest BCUT2D eigenvalue weighted by molar-refractivity contribution is -0.148. The van der Waals surface area contributed by atoms with E-state index in [9.17, 15) is 13.2 Å². The van der Waals surface area contributed by atoms with Crippen molar-refractivity contribution in [2.24, 2.45) is 0 Å². The Hall–Kier alpha value is -2.55. The van der Waals surface area contributed by atoms with Gasteiger partial charge in [0.25, 0.3) is 10.0 Å². The van der Waals surface area contributed by atoms with Gasteiger partial charge in [-0.2, -0.15) is 4.31 Å². The number of thiophene rings is 1. The summed E-state index contributed by atoms with van der Waals surface area (Å²) in [6, 6.07) is 13.9. The first-order chi connectivity index (χ1) is 14.6. The maximum atomic E-state index is 13.2. The van der Waals surface area contributed by atoms with Crippen molar-refractivity contribution in [3.05, 3.63) is 83.0 Å². The van der Waals surface area contributed by atoms with Gasteiger partial charge in [0, 0.05) is 25.4 Å². The number of carbonyl (C=O) groups is 1. The highest BCUT2D eigenvalue weighted by molar-refractivity contribution is 7.91. The number of aryl methyl sites for hydroxylation is 1. The number of hydrogen-bond donors (Lipinski definition) is 0. The Bertz CT molecular complexity index is 1100. The van der Waals surface area contributed by atoms with E-state index in [1.54, 1.807) is 29.9 Å². The van der Waals surface area contributed by atoms with Gasteiger partial charge in [-0.3, -0.25) is 9.78 Å². The molecule has 1 aliphatic rings. The van der Waals surface area contributed by atoms with Crippen LogP contribution in [0.4, 0.5) is 0 Å². The topological polar surface area (TPSA) is 76.6 Å². The molecule has 0 unspecified atom stereocenters. The van der Waals surface area contributed by atoms with Crippen LogP contribution in [0.15, 0.2) is 70.5 Å². The van der Waals surface area contributed by atoms with Crippen LogP contribution < -0.4 is 0 Å². The van der Waals surface area contributed by atoms with Crippen molar-refractivity contribution in [3.8, 4) is 0 Å². The molecule has 8 heteroatoms. The van der Waals surface area contributed by atoms with Crippen LogP contribution in [0.2, 0.25) is 0 Å². The summed E-state index contributed by atoms with van der Waals surface area (Å²) in [5.74, 6) is -0.504. The summed E-state index contributed by atoms with van der Waals surface area (Å²) in [7, 11) is -3.79. The zero-order chi connectivity index (χ0) is 21.0. The highest BCUT2D eigenvalue weighted by Gasteiger charge is 2.40. The van der Waals surface area contributed by atoms with Crippen LogP contribution in [-0.4, -0.2) is 36.3 Å². The van der Waals surface area contributed by atoms with Crippen LogP contribution >= 0.6 is 11.3 Å². The summed E-state index contributed by atoms with van der Waals surface area (Å²) in [5, 5.41) is 1.72. The number of nitrogens with zero attached hydrogens (tertiary/aromatic N) is 2. The fourth-order valence-corrected chi connectivity index (χ4v) is 6.24. The highest BCUT2D eigenvalue weighted by atomic mass is 32.2. The number of fused-ring (bicyclic) bond motifs is 1. The molecule has 3 aromatic rings. The third kappa shape index (κ3) is 4.45. The minimum absolute atomic E-state index is 0.159. The quantitative estimate of drug-likeness (QED) is 0.414. The van der Waals surface area contributed by atoms with E-state index in [4.69, 9.17) is 4.74 Å². The van der Waals surface area contributed by atoms with Gasteiger partial charge in [-0.15, -0.1) is 11.3 Å². The molecule has 6 nitrogen and oxygen atoms in total. The molecule has 1 atom stereocenters. The lowest BCUT2D eigenvalue weighted by Gasteiger charge is -2.34. The van der Waals surface area contributed by atoms with Crippen LogP contribution in [0.3, 0.4) is 0 Å². The van der Waals surface area contributed by atoms with Crippen molar-refractivity contribution in [2.75, 3.05) is 6.61 Å². The molecule has 156 valence electrons. The molecule has 1 aromatic carbocycles. The molecule has 3 heterocycles. The van der Waals surface area contributed by atoms with Crippen molar-refractivity contribution in [1.29, 1.82) is 0 Å². The molecule has 0 spiro atoms. The van der Waals surface area contributed by atoms with Crippen LogP contribution in [0.25, 0.3) is 0 Å². The molecule has 0 amide bonds. The molecular formula is C22H22N2O4S2. The van der Waals surface area contributed by atoms with Crippen molar-refractivity contribution >= 4 is 27.3 Å². The Morgan fingerprint density at radius 2 is 1.97 bits per heavy atom. The summed E-state index contributed by atoms with van der Waals surface area (Å²) in [6.07, 6.45) is 5.20. The number of pyridine rings is 1. The van der Waals surface area contributed by atoms with E-state index in [0.29, 0.717) is 12.8 Å². The van der Waals surface area contributed by atoms with E-state index in [0.717, 1.165) is 34.4 Å². The first-order valence-corrected chi connectivity index (χ1v) is 12.1. The second-order valence-electron chi connectivity index (χ2n) is 7.10. The van der Waals surface area contributed by atoms with E-state index in [2.05, 4.69) is 4.98 Å². The smallest absolute Gasteiger partial charge is 0.324 e. The number of rotatable bonds is 7. The largest absolute Gasteiger partial charge is 0.464 e. The number of sulfonamides is 1. The fourth-order valence-electron chi connectivity index (χ4n) is 3.57. The third-order valence-corrected chi connectivity index (χ3v) is 8.34. The second kappa shape index (κ2) is 9.07. The molecule has 0 fully saturated rings. The van der Waals surface area contributed by atoms with Crippen LogP contribution in [0.5, 0.6) is 0 Å². The van der Waals surface area contributed by atoms with Gasteiger partial charge in [-0.1, -0.05) is 36.4 Å².